The van der Waals surface area contributed by atoms with Crippen LogP contribution in [0.3, 0.4) is 0 Å². The lowest BCUT2D eigenvalue weighted by molar-refractivity contribution is -0.115. The van der Waals surface area contributed by atoms with Gasteiger partial charge in [0.25, 0.3) is 5.91 Å². The van der Waals surface area contributed by atoms with E-state index < -0.39 is 5.91 Å². The van der Waals surface area contributed by atoms with Crippen molar-refractivity contribution in [1.82, 2.24) is 20.1 Å². The molecule has 2 aromatic rings. The second kappa shape index (κ2) is 7.28. The number of thioether (sulfide) groups is 1. The highest BCUT2D eigenvalue weighted by atomic mass is 32.2. The number of aromatic nitrogens is 3. The van der Waals surface area contributed by atoms with Crippen molar-refractivity contribution < 1.29 is 9.59 Å². The van der Waals surface area contributed by atoms with Crippen LogP contribution in [-0.2, 0) is 11.8 Å². The number of carbonyl (C=O) groups excluding carboxylic acids is 2. The van der Waals surface area contributed by atoms with Gasteiger partial charge in [-0.2, -0.15) is 0 Å². The second-order valence-corrected chi connectivity index (χ2v) is 6.16. The first kappa shape index (κ1) is 17.0. The summed E-state index contributed by atoms with van der Waals surface area (Å²) in [6.45, 7) is 3.77. The van der Waals surface area contributed by atoms with Crippen LogP contribution in [-0.4, -0.2) is 32.3 Å². The van der Waals surface area contributed by atoms with Crippen LogP contribution in [0.4, 0.5) is 0 Å². The number of benzene rings is 1. The summed E-state index contributed by atoms with van der Waals surface area (Å²) in [6.07, 6.45) is 0. The molecule has 0 fully saturated rings. The fraction of sp³-hybridized carbons (Fsp3) is 0.333. The molecule has 3 N–H and O–H groups in total. The van der Waals surface area contributed by atoms with Crippen molar-refractivity contribution in [2.24, 2.45) is 12.8 Å². The fourth-order valence-electron chi connectivity index (χ4n) is 2.10. The van der Waals surface area contributed by atoms with E-state index in [1.54, 1.807) is 17.7 Å². The van der Waals surface area contributed by atoms with E-state index in [4.69, 9.17) is 5.73 Å². The largest absolute Gasteiger partial charge is 0.369 e. The van der Waals surface area contributed by atoms with Crippen molar-refractivity contribution in [2.45, 2.75) is 25.0 Å². The van der Waals surface area contributed by atoms with Gasteiger partial charge in [0.15, 0.2) is 11.0 Å². The molecule has 2 amide bonds. The molecule has 0 unspecified atom stereocenters. The Morgan fingerprint density at radius 3 is 2.78 bits per heavy atom. The number of hydrogen-bond donors (Lipinski definition) is 2. The highest BCUT2D eigenvalue weighted by Crippen LogP contribution is 2.19. The first-order valence-electron chi connectivity index (χ1n) is 7.06. The molecule has 7 nitrogen and oxygen atoms in total. The summed E-state index contributed by atoms with van der Waals surface area (Å²) in [6, 6.07) is 7.05. The topological polar surface area (TPSA) is 103 Å². The Morgan fingerprint density at radius 1 is 1.39 bits per heavy atom. The zero-order valence-corrected chi connectivity index (χ0v) is 14.1. The quantitative estimate of drug-likeness (QED) is 0.773. The number of primary amides is 1. The maximum Gasteiger partial charge on any atom is 0.251 e. The van der Waals surface area contributed by atoms with Gasteiger partial charge in [-0.05, 0) is 26.0 Å². The summed E-state index contributed by atoms with van der Waals surface area (Å²) in [4.78, 5) is 23.1. The number of nitrogens with one attached hydrogen (secondary N) is 1. The Morgan fingerprint density at radius 2 is 2.13 bits per heavy atom. The molecule has 23 heavy (non-hydrogen) atoms. The van der Waals surface area contributed by atoms with Crippen molar-refractivity contribution in [1.29, 1.82) is 0 Å². The highest BCUT2D eigenvalue weighted by Gasteiger charge is 2.18. The number of amides is 2. The number of nitrogens with zero attached hydrogens (tertiary/aromatic N) is 3. The minimum absolute atomic E-state index is 0.135. The van der Waals surface area contributed by atoms with Gasteiger partial charge in [-0.25, -0.2) is 0 Å². The number of carbonyl (C=O) groups is 2. The summed E-state index contributed by atoms with van der Waals surface area (Å²) in [5, 5.41) is 11.6. The number of aryl methyl sites for hydroxylation is 1. The molecule has 0 saturated heterocycles. The number of rotatable bonds is 6. The first-order valence-corrected chi connectivity index (χ1v) is 8.05. The normalized spacial score (nSPS) is 12.0. The highest BCUT2D eigenvalue weighted by molar-refractivity contribution is 7.99. The van der Waals surface area contributed by atoms with E-state index in [0.717, 1.165) is 5.56 Å². The standard InChI is InChI=1S/C15H19N5O2S/c1-9-5-4-6-11(7-9)14(22)17-10(2)13-18-19-15(20(13)3)23-8-12(16)21/h4-7,10H,8H2,1-3H3,(H2,16,21)(H,17,22)/t10-/m1/s1. The van der Waals surface area contributed by atoms with Crippen molar-refractivity contribution >= 4 is 23.6 Å². The summed E-state index contributed by atoms with van der Waals surface area (Å²) >= 11 is 1.21. The molecule has 0 spiro atoms. The molecular formula is C15H19N5O2S. The number of hydrogen-bond acceptors (Lipinski definition) is 5. The van der Waals surface area contributed by atoms with E-state index >= 15 is 0 Å². The van der Waals surface area contributed by atoms with Crippen LogP contribution in [0.25, 0.3) is 0 Å². The van der Waals surface area contributed by atoms with Crippen LogP contribution in [0, 0.1) is 6.92 Å². The summed E-state index contributed by atoms with van der Waals surface area (Å²) < 4.78 is 1.74. The third-order valence-electron chi connectivity index (χ3n) is 3.23. The van der Waals surface area contributed by atoms with E-state index in [1.807, 2.05) is 32.0 Å². The van der Waals surface area contributed by atoms with Crippen LogP contribution in [0.1, 0.15) is 34.7 Å². The summed E-state index contributed by atoms with van der Waals surface area (Å²) in [7, 11) is 1.79. The zero-order chi connectivity index (χ0) is 17.0. The molecule has 1 aromatic carbocycles. The van der Waals surface area contributed by atoms with Crippen molar-refractivity contribution in [3.05, 3.63) is 41.2 Å². The minimum Gasteiger partial charge on any atom is -0.369 e. The van der Waals surface area contributed by atoms with Gasteiger partial charge in [-0.1, -0.05) is 29.5 Å². The van der Waals surface area contributed by atoms with Gasteiger partial charge >= 0.3 is 0 Å². The lowest BCUT2D eigenvalue weighted by atomic mass is 10.1. The second-order valence-electron chi connectivity index (χ2n) is 5.22. The van der Waals surface area contributed by atoms with Gasteiger partial charge in [0, 0.05) is 12.6 Å². The van der Waals surface area contributed by atoms with Crippen LogP contribution in [0.2, 0.25) is 0 Å². The minimum atomic E-state index is -0.416. The van der Waals surface area contributed by atoms with E-state index in [0.29, 0.717) is 16.5 Å². The Hall–Kier alpha value is -2.35. The first-order chi connectivity index (χ1) is 10.9. The maximum absolute atomic E-state index is 12.3. The SMILES string of the molecule is Cc1cccc(C(=O)N[C@H](C)c2nnc(SCC(N)=O)n2C)c1. The van der Waals surface area contributed by atoms with Gasteiger partial charge in [0.2, 0.25) is 5.91 Å². The van der Waals surface area contributed by atoms with Crippen LogP contribution in [0.5, 0.6) is 0 Å². The Bertz CT molecular complexity index is 728. The Kier molecular flexibility index (Phi) is 5.38. The molecule has 1 atom stereocenters. The molecule has 122 valence electrons. The molecule has 0 bridgehead atoms. The Labute approximate surface area is 138 Å². The van der Waals surface area contributed by atoms with Gasteiger partial charge in [0.1, 0.15) is 0 Å². The number of nitrogens with two attached hydrogens (primary N) is 1. The predicted octanol–water partition coefficient (Wildman–Crippen LogP) is 1.19. The van der Waals surface area contributed by atoms with Crippen LogP contribution < -0.4 is 11.1 Å². The lowest BCUT2D eigenvalue weighted by Gasteiger charge is -2.13. The molecule has 1 heterocycles. The van der Waals surface area contributed by atoms with E-state index in [2.05, 4.69) is 15.5 Å². The monoisotopic (exact) mass is 333 g/mol. The predicted molar refractivity (Wildman–Crippen MR) is 88.0 cm³/mol. The molecule has 0 radical (unpaired) electrons. The van der Waals surface area contributed by atoms with Crippen LogP contribution >= 0.6 is 11.8 Å². The molecule has 0 aliphatic heterocycles. The van der Waals surface area contributed by atoms with Crippen molar-refractivity contribution in [3.8, 4) is 0 Å². The summed E-state index contributed by atoms with van der Waals surface area (Å²) in [5.41, 5.74) is 6.75. The molecule has 0 saturated carbocycles. The fourth-order valence-corrected chi connectivity index (χ4v) is 2.75. The van der Waals surface area contributed by atoms with Gasteiger partial charge in [0.05, 0.1) is 11.8 Å². The molecule has 2 rings (SSSR count). The molecule has 1 aromatic heterocycles. The van der Waals surface area contributed by atoms with E-state index in [-0.39, 0.29) is 17.7 Å². The zero-order valence-electron chi connectivity index (χ0n) is 13.2. The average molecular weight is 333 g/mol. The molecule has 8 heteroatoms. The van der Waals surface area contributed by atoms with E-state index in [9.17, 15) is 9.59 Å². The molecular weight excluding hydrogens is 314 g/mol. The molecule has 0 aliphatic rings. The average Bonchev–Trinajstić information content (AvgIpc) is 2.86. The van der Waals surface area contributed by atoms with Gasteiger partial charge in [-0.3, -0.25) is 9.59 Å². The van der Waals surface area contributed by atoms with Crippen molar-refractivity contribution in [2.75, 3.05) is 5.75 Å². The summed E-state index contributed by atoms with van der Waals surface area (Å²) in [5.74, 6) is 0.157. The Balaban J connectivity index is 2.07. The smallest absolute Gasteiger partial charge is 0.251 e. The van der Waals surface area contributed by atoms with Crippen molar-refractivity contribution in [3.63, 3.8) is 0 Å². The lowest BCUT2D eigenvalue weighted by Crippen LogP contribution is -2.28. The third-order valence-corrected chi connectivity index (χ3v) is 4.27. The van der Waals surface area contributed by atoms with Crippen LogP contribution in [0.15, 0.2) is 29.4 Å². The molecule has 0 aliphatic carbocycles. The van der Waals surface area contributed by atoms with Gasteiger partial charge < -0.3 is 15.6 Å². The third kappa shape index (κ3) is 4.32. The maximum atomic E-state index is 12.3. The van der Waals surface area contributed by atoms with E-state index in [1.165, 1.54) is 11.8 Å². The van der Waals surface area contributed by atoms with Gasteiger partial charge in [-0.15, -0.1) is 10.2 Å².